The molecule has 0 spiro atoms. The standard InChI is InChI=1S/C18H20N6O2/c1-2-24-12-14(11-20-24)18(25)23-9-6-13(7-10-23)16-21-22-17(26-16)15-5-3-4-8-19-15/h3-5,8,11-13H,2,6-7,9-10H2,1H3. The lowest BCUT2D eigenvalue weighted by atomic mass is 9.96. The fourth-order valence-corrected chi connectivity index (χ4v) is 3.15. The molecule has 1 fully saturated rings. The number of piperidine rings is 1. The first-order valence-corrected chi connectivity index (χ1v) is 8.81. The van der Waals surface area contributed by atoms with Gasteiger partial charge in [-0.25, -0.2) is 0 Å². The van der Waals surface area contributed by atoms with Crippen molar-refractivity contribution in [2.24, 2.45) is 0 Å². The molecule has 4 heterocycles. The van der Waals surface area contributed by atoms with Gasteiger partial charge in [-0.2, -0.15) is 5.10 Å². The van der Waals surface area contributed by atoms with Crippen molar-refractivity contribution in [3.8, 4) is 11.6 Å². The number of aryl methyl sites for hydroxylation is 1. The van der Waals surface area contributed by atoms with Crippen LogP contribution in [0.15, 0.2) is 41.2 Å². The lowest BCUT2D eigenvalue weighted by Crippen LogP contribution is -2.37. The van der Waals surface area contributed by atoms with E-state index in [0.29, 0.717) is 36.1 Å². The SMILES string of the molecule is CCn1cc(C(=O)N2CCC(c3nnc(-c4ccccn4)o3)CC2)cn1. The number of aromatic nitrogens is 5. The lowest BCUT2D eigenvalue weighted by Gasteiger charge is -2.30. The summed E-state index contributed by atoms with van der Waals surface area (Å²) in [5.41, 5.74) is 1.31. The first kappa shape index (κ1) is 16.4. The largest absolute Gasteiger partial charge is 0.419 e. The number of carbonyl (C=O) groups is 1. The highest BCUT2D eigenvalue weighted by atomic mass is 16.4. The maximum absolute atomic E-state index is 12.6. The van der Waals surface area contributed by atoms with Crippen molar-refractivity contribution in [3.63, 3.8) is 0 Å². The van der Waals surface area contributed by atoms with Gasteiger partial charge in [0.1, 0.15) is 5.69 Å². The third-order valence-corrected chi connectivity index (χ3v) is 4.66. The quantitative estimate of drug-likeness (QED) is 0.716. The van der Waals surface area contributed by atoms with E-state index in [1.54, 1.807) is 23.3 Å². The second-order valence-electron chi connectivity index (χ2n) is 6.31. The molecule has 26 heavy (non-hydrogen) atoms. The molecule has 0 bridgehead atoms. The monoisotopic (exact) mass is 352 g/mol. The summed E-state index contributed by atoms with van der Waals surface area (Å²) < 4.78 is 7.57. The molecule has 134 valence electrons. The van der Waals surface area contributed by atoms with Gasteiger partial charge in [0, 0.05) is 37.9 Å². The summed E-state index contributed by atoms with van der Waals surface area (Å²) in [4.78, 5) is 18.7. The van der Waals surface area contributed by atoms with Gasteiger partial charge in [-0.3, -0.25) is 14.5 Å². The van der Waals surface area contributed by atoms with E-state index in [0.717, 1.165) is 19.4 Å². The molecule has 1 aliphatic heterocycles. The topological polar surface area (TPSA) is 89.9 Å². The van der Waals surface area contributed by atoms with Crippen LogP contribution in [0.1, 0.15) is 41.9 Å². The molecular weight excluding hydrogens is 332 g/mol. The van der Waals surface area contributed by atoms with Crippen LogP contribution in [0.25, 0.3) is 11.6 Å². The van der Waals surface area contributed by atoms with E-state index in [-0.39, 0.29) is 11.8 Å². The van der Waals surface area contributed by atoms with Crippen molar-refractivity contribution in [2.75, 3.05) is 13.1 Å². The van der Waals surface area contributed by atoms with Crippen LogP contribution in [0.3, 0.4) is 0 Å². The zero-order valence-corrected chi connectivity index (χ0v) is 14.6. The minimum absolute atomic E-state index is 0.0304. The molecule has 0 saturated carbocycles. The highest BCUT2D eigenvalue weighted by Gasteiger charge is 2.28. The van der Waals surface area contributed by atoms with E-state index >= 15 is 0 Å². The summed E-state index contributed by atoms with van der Waals surface area (Å²) in [7, 11) is 0. The predicted molar refractivity (Wildman–Crippen MR) is 93.3 cm³/mol. The molecule has 0 aliphatic carbocycles. The number of rotatable bonds is 4. The molecule has 0 N–H and O–H groups in total. The Morgan fingerprint density at radius 3 is 2.81 bits per heavy atom. The van der Waals surface area contributed by atoms with E-state index < -0.39 is 0 Å². The molecule has 3 aromatic heterocycles. The Balaban J connectivity index is 1.39. The summed E-state index contributed by atoms with van der Waals surface area (Å²) in [6, 6.07) is 5.57. The third-order valence-electron chi connectivity index (χ3n) is 4.66. The van der Waals surface area contributed by atoms with Gasteiger partial charge in [0.25, 0.3) is 11.8 Å². The second-order valence-corrected chi connectivity index (χ2v) is 6.31. The van der Waals surface area contributed by atoms with Crippen LogP contribution in [0.4, 0.5) is 0 Å². The molecule has 1 aliphatic rings. The number of hydrogen-bond acceptors (Lipinski definition) is 6. The van der Waals surface area contributed by atoms with Crippen LogP contribution in [-0.2, 0) is 6.54 Å². The molecule has 4 rings (SSSR count). The highest BCUT2D eigenvalue weighted by molar-refractivity contribution is 5.93. The fraction of sp³-hybridized carbons (Fsp3) is 0.389. The zero-order valence-electron chi connectivity index (χ0n) is 14.6. The van der Waals surface area contributed by atoms with E-state index in [2.05, 4.69) is 20.3 Å². The molecule has 8 nitrogen and oxygen atoms in total. The molecule has 0 radical (unpaired) electrons. The van der Waals surface area contributed by atoms with Crippen LogP contribution in [-0.4, -0.2) is 48.9 Å². The van der Waals surface area contributed by atoms with Crippen LogP contribution < -0.4 is 0 Å². The maximum atomic E-state index is 12.6. The third kappa shape index (κ3) is 3.22. The summed E-state index contributed by atoms with van der Waals surface area (Å²) >= 11 is 0. The second kappa shape index (κ2) is 7.07. The van der Waals surface area contributed by atoms with E-state index in [1.807, 2.05) is 30.0 Å². The van der Waals surface area contributed by atoms with Crippen molar-refractivity contribution < 1.29 is 9.21 Å². The van der Waals surface area contributed by atoms with Crippen molar-refractivity contribution in [1.82, 2.24) is 29.9 Å². The van der Waals surface area contributed by atoms with Gasteiger partial charge < -0.3 is 9.32 Å². The summed E-state index contributed by atoms with van der Waals surface area (Å²) in [6.07, 6.45) is 6.74. The van der Waals surface area contributed by atoms with Crippen molar-refractivity contribution in [1.29, 1.82) is 0 Å². The molecule has 0 atom stereocenters. The Hall–Kier alpha value is -3.03. The normalized spacial score (nSPS) is 15.3. The number of hydrogen-bond donors (Lipinski definition) is 0. The molecule has 8 heteroatoms. The van der Waals surface area contributed by atoms with E-state index in [4.69, 9.17) is 4.42 Å². The van der Waals surface area contributed by atoms with Crippen molar-refractivity contribution >= 4 is 5.91 Å². The van der Waals surface area contributed by atoms with Crippen molar-refractivity contribution in [3.05, 3.63) is 48.2 Å². The van der Waals surface area contributed by atoms with Crippen LogP contribution in [0.2, 0.25) is 0 Å². The lowest BCUT2D eigenvalue weighted by molar-refractivity contribution is 0.0706. The van der Waals surface area contributed by atoms with Gasteiger partial charge in [0.05, 0.1) is 11.8 Å². The fourth-order valence-electron chi connectivity index (χ4n) is 3.15. The summed E-state index contributed by atoms with van der Waals surface area (Å²) in [6.45, 7) is 4.09. The maximum Gasteiger partial charge on any atom is 0.266 e. The Kier molecular flexibility index (Phi) is 4.47. The van der Waals surface area contributed by atoms with E-state index in [9.17, 15) is 4.79 Å². The Labute approximate surface area is 150 Å². The molecule has 3 aromatic rings. The number of likely N-dealkylation sites (tertiary alicyclic amines) is 1. The molecule has 1 saturated heterocycles. The Morgan fingerprint density at radius 2 is 2.12 bits per heavy atom. The summed E-state index contributed by atoms with van der Waals surface area (Å²) in [5.74, 6) is 1.26. The first-order chi connectivity index (χ1) is 12.7. The minimum Gasteiger partial charge on any atom is -0.419 e. The van der Waals surface area contributed by atoms with Crippen LogP contribution in [0.5, 0.6) is 0 Å². The zero-order chi connectivity index (χ0) is 17.9. The predicted octanol–water partition coefficient (Wildman–Crippen LogP) is 2.37. The Morgan fingerprint density at radius 1 is 1.27 bits per heavy atom. The van der Waals surface area contributed by atoms with Gasteiger partial charge in [-0.15, -0.1) is 10.2 Å². The minimum atomic E-state index is 0.0304. The highest BCUT2D eigenvalue weighted by Crippen LogP contribution is 2.29. The number of pyridine rings is 1. The smallest absolute Gasteiger partial charge is 0.266 e. The Bertz CT molecular complexity index is 880. The van der Waals surface area contributed by atoms with Gasteiger partial charge >= 0.3 is 0 Å². The average Bonchev–Trinajstić information content (AvgIpc) is 3.38. The van der Waals surface area contributed by atoms with Gasteiger partial charge in [0.2, 0.25) is 5.89 Å². The van der Waals surface area contributed by atoms with E-state index in [1.165, 1.54) is 0 Å². The van der Waals surface area contributed by atoms with Crippen LogP contribution in [0, 0.1) is 0 Å². The average molecular weight is 352 g/mol. The van der Waals surface area contributed by atoms with Crippen LogP contribution >= 0.6 is 0 Å². The first-order valence-electron chi connectivity index (χ1n) is 8.81. The number of nitrogens with zero attached hydrogens (tertiary/aromatic N) is 6. The molecular formula is C18H20N6O2. The molecule has 1 amide bonds. The molecule has 0 unspecified atom stereocenters. The summed E-state index contributed by atoms with van der Waals surface area (Å²) in [5, 5.41) is 12.5. The number of carbonyl (C=O) groups excluding carboxylic acids is 1. The van der Waals surface area contributed by atoms with Gasteiger partial charge in [0.15, 0.2) is 0 Å². The van der Waals surface area contributed by atoms with Gasteiger partial charge in [-0.1, -0.05) is 6.07 Å². The number of amides is 1. The van der Waals surface area contributed by atoms with Crippen molar-refractivity contribution in [2.45, 2.75) is 32.2 Å². The molecule has 0 aromatic carbocycles. The van der Waals surface area contributed by atoms with Gasteiger partial charge in [-0.05, 0) is 31.9 Å².